The lowest BCUT2D eigenvalue weighted by Crippen LogP contribution is -2.27. The minimum Gasteiger partial charge on any atom is -0.392 e. The van der Waals surface area contributed by atoms with Crippen molar-refractivity contribution >= 4 is 0 Å². The monoisotopic (exact) mass is 234 g/mol. The molecule has 4 atom stereocenters. The Hall–Kier alpha value is -0.830. The van der Waals surface area contributed by atoms with Crippen molar-refractivity contribution in [2.45, 2.75) is 51.7 Å². The molecule has 0 radical (unpaired) electrons. The highest BCUT2D eigenvalue weighted by atomic mass is 16.3. The summed E-state index contributed by atoms with van der Waals surface area (Å²) in [6.07, 6.45) is 9.98. The van der Waals surface area contributed by atoms with Crippen molar-refractivity contribution in [1.29, 1.82) is 0 Å². The van der Waals surface area contributed by atoms with E-state index in [1.165, 1.54) is 31.2 Å². The van der Waals surface area contributed by atoms with Gasteiger partial charge < -0.3 is 5.11 Å². The second-order valence-corrected chi connectivity index (χ2v) is 5.81. The van der Waals surface area contributed by atoms with E-state index in [9.17, 15) is 5.11 Å². The Kier molecular flexibility index (Phi) is 2.95. The molecule has 2 aliphatic carbocycles. The lowest BCUT2D eigenvalue weighted by atomic mass is 9.83. The number of rotatable bonds is 4. The van der Waals surface area contributed by atoms with Gasteiger partial charge in [0.2, 0.25) is 0 Å². The number of hydrogen-bond donors (Lipinski definition) is 1. The van der Waals surface area contributed by atoms with Crippen LogP contribution in [0.1, 0.15) is 38.2 Å². The van der Waals surface area contributed by atoms with Crippen LogP contribution in [0.2, 0.25) is 0 Å². The minimum absolute atomic E-state index is 0.153. The molecule has 1 heterocycles. The van der Waals surface area contributed by atoms with Crippen molar-refractivity contribution in [3.8, 4) is 0 Å². The van der Waals surface area contributed by atoms with Crippen molar-refractivity contribution in [3.63, 3.8) is 0 Å². The zero-order chi connectivity index (χ0) is 11.8. The number of fused-ring (bicyclic) bond motifs is 2. The van der Waals surface area contributed by atoms with Crippen LogP contribution in [0, 0.1) is 17.8 Å². The highest BCUT2D eigenvalue weighted by molar-refractivity contribution is 5.07. The van der Waals surface area contributed by atoms with E-state index in [2.05, 4.69) is 18.2 Å². The standard InChI is InChI=1S/C14H22N2O/c1-2-16-9-11(8-15-16)7-14(17)13-6-10-3-4-12(13)5-10/h8-10,12-14,17H,2-7H2,1H3. The maximum absolute atomic E-state index is 10.4. The zero-order valence-electron chi connectivity index (χ0n) is 10.5. The van der Waals surface area contributed by atoms with Crippen molar-refractivity contribution in [3.05, 3.63) is 18.0 Å². The highest BCUT2D eigenvalue weighted by Crippen LogP contribution is 2.49. The van der Waals surface area contributed by atoms with Gasteiger partial charge in [-0.2, -0.15) is 5.10 Å². The largest absolute Gasteiger partial charge is 0.392 e. The van der Waals surface area contributed by atoms with Gasteiger partial charge in [-0.25, -0.2) is 0 Å². The third kappa shape index (κ3) is 2.13. The molecule has 1 N–H and O–H groups in total. The van der Waals surface area contributed by atoms with Crippen LogP contribution in [0.15, 0.2) is 12.4 Å². The number of aromatic nitrogens is 2. The van der Waals surface area contributed by atoms with Gasteiger partial charge in [0.05, 0.1) is 12.3 Å². The fourth-order valence-corrected chi connectivity index (χ4v) is 3.84. The van der Waals surface area contributed by atoms with E-state index in [1.54, 1.807) is 0 Å². The Morgan fingerprint density at radius 3 is 2.94 bits per heavy atom. The number of aryl methyl sites for hydroxylation is 1. The van der Waals surface area contributed by atoms with Gasteiger partial charge in [-0.3, -0.25) is 4.68 Å². The Balaban J connectivity index is 1.61. The molecule has 3 rings (SSSR count). The van der Waals surface area contributed by atoms with Gasteiger partial charge in [0, 0.05) is 19.2 Å². The maximum Gasteiger partial charge on any atom is 0.0612 e. The van der Waals surface area contributed by atoms with Crippen molar-refractivity contribution in [2.75, 3.05) is 0 Å². The maximum atomic E-state index is 10.4. The molecule has 0 aromatic carbocycles. The van der Waals surface area contributed by atoms with E-state index in [-0.39, 0.29) is 6.10 Å². The third-order valence-corrected chi connectivity index (χ3v) is 4.74. The summed E-state index contributed by atoms with van der Waals surface area (Å²) in [5.74, 6) is 2.27. The quantitative estimate of drug-likeness (QED) is 0.867. The Bertz CT molecular complexity index is 387. The summed E-state index contributed by atoms with van der Waals surface area (Å²) in [5.41, 5.74) is 1.18. The SMILES string of the molecule is CCn1cc(CC(O)C2CC3CCC2C3)cn1. The van der Waals surface area contributed by atoms with Crippen LogP contribution >= 0.6 is 0 Å². The molecule has 1 aromatic rings. The molecule has 2 bridgehead atoms. The molecular weight excluding hydrogens is 212 g/mol. The lowest BCUT2D eigenvalue weighted by molar-refractivity contribution is 0.0750. The van der Waals surface area contributed by atoms with Gasteiger partial charge >= 0.3 is 0 Å². The van der Waals surface area contributed by atoms with E-state index >= 15 is 0 Å². The van der Waals surface area contributed by atoms with Crippen LogP contribution in [0.25, 0.3) is 0 Å². The van der Waals surface area contributed by atoms with Crippen LogP contribution in [-0.2, 0) is 13.0 Å². The zero-order valence-corrected chi connectivity index (χ0v) is 10.5. The molecule has 17 heavy (non-hydrogen) atoms. The van der Waals surface area contributed by atoms with E-state index in [4.69, 9.17) is 0 Å². The van der Waals surface area contributed by atoms with Gasteiger partial charge in [-0.05, 0) is 49.5 Å². The molecule has 2 saturated carbocycles. The van der Waals surface area contributed by atoms with Crippen molar-refractivity contribution in [1.82, 2.24) is 9.78 Å². The first-order valence-corrected chi connectivity index (χ1v) is 6.95. The second-order valence-electron chi connectivity index (χ2n) is 5.81. The Labute approximate surface area is 103 Å². The first-order valence-electron chi connectivity index (χ1n) is 6.95. The first-order chi connectivity index (χ1) is 8.26. The van der Waals surface area contributed by atoms with Gasteiger partial charge in [0.1, 0.15) is 0 Å². The van der Waals surface area contributed by atoms with Gasteiger partial charge in [0.15, 0.2) is 0 Å². The van der Waals surface area contributed by atoms with Crippen molar-refractivity contribution < 1.29 is 5.11 Å². The summed E-state index contributed by atoms with van der Waals surface area (Å²) in [5, 5.41) is 14.6. The average Bonchev–Trinajstić information content (AvgIpc) is 3.04. The van der Waals surface area contributed by atoms with Crippen molar-refractivity contribution in [2.24, 2.45) is 17.8 Å². The van der Waals surface area contributed by atoms with Crippen LogP contribution in [0.5, 0.6) is 0 Å². The smallest absolute Gasteiger partial charge is 0.0612 e. The third-order valence-electron chi connectivity index (χ3n) is 4.74. The fourth-order valence-electron chi connectivity index (χ4n) is 3.84. The van der Waals surface area contributed by atoms with Gasteiger partial charge in [-0.1, -0.05) is 6.42 Å². The Morgan fingerprint density at radius 1 is 1.47 bits per heavy atom. The molecule has 3 heteroatoms. The van der Waals surface area contributed by atoms with E-state index in [0.717, 1.165) is 24.8 Å². The number of hydrogen-bond acceptors (Lipinski definition) is 2. The van der Waals surface area contributed by atoms with Crippen LogP contribution < -0.4 is 0 Å². The minimum atomic E-state index is -0.153. The Morgan fingerprint density at radius 2 is 2.35 bits per heavy atom. The molecule has 0 saturated heterocycles. The molecule has 2 fully saturated rings. The summed E-state index contributed by atoms with van der Waals surface area (Å²) in [6, 6.07) is 0. The normalized spacial score (nSPS) is 33.2. The predicted octanol–water partition coefficient (Wildman–Crippen LogP) is 2.24. The van der Waals surface area contributed by atoms with E-state index in [0.29, 0.717) is 5.92 Å². The summed E-state index contributed by atoms with van der Waals surface area (Å²) in [7, 11) is 0. The molecule has 1 aromatic heterocycles. The van der Waals surface area contributed by atoms with E-state index < -0.39 is 0 Å². The van der Waals surface area contributed by atoms with Crippen LogP contribution in [0.3, 0.4) is 0 Å². The lowest BCUT2D eigenvalue weighted by Gasteiger charge is -2.26. The van der Waals surface area contributed by atoms with E-state index in [1.807, 2.05) is 10.9 Å². The van der Waals surface area contributed by atoms with Crippen LogP contribution in [0.4, 0.5) is 0 Å². The molecule has 4 unspecified atom stereocenters. The molecule has 0 amide bonds. The first kappa shape index (κ1) is 11.3. The average molecular weight is 234 g/mol. The molecule has 0 aliphatic heterocycles. The molecular formula is C14H22N2O. The molecule has 2 aliphatic rings. The molecule has 3 nitrogen and oxygen atoms in total. The van der Waals surface area contributed by atoms with Gasteiger partial charge in [-0.15, -0.1) is 0 Å². The molecule has 94 valence electrons. The summed E-state index contributed by atoms with van der Waals surface area (Å²) < 4.78 is 1.93. The van der Waals surface area contributed by atoms with Gasteiger partial charge in [0.25, 0.3) is 0 Å². The fraction of sp³-hybridized carbons (Fsp3) is 0.786. The number of aliphatic hydroxyl groups is 1. The summed E-state index contributed by atoms with van der Waals surface area (Å²) >= 11 is 0. The summed E-state index contributed by atoms with van der Waals surface area (Å²) in [6.45, 7) is 2.99. The highest BCUT2D eigenvalue weighted by Gasteiger charge is 2.42. The number of aliphatic hydroxyl groups excluding tert-OH is 1. The van der Waals surface area contributed by atoms with Crippen LogP contribution in [-0.4, -0.2) is 21.0 Å². The predicted molar refractivity (Wildman–Crippen MR) is 66.5 cm³/mol. The topological polar surface area (TPSA) is 38.0 Å². The molecule has 0 spiro atoms. The summed E-state index contributed by atoms with van der Waals surface area (Å²) in [4.78, 5) is 0. The second kappa shape index (κ2) is 4.45. The number of nitrogens with zero attached hydrogens (tertiary/aromatic N) is 2.